The number of amides is 1. The molecule has 3 nitrogen and oxygen atoms in total. The molecule has 2 aromatic rings. The second-order valence-corrected chi connectivity index (χ2v) is 7.06. The molecule has 0 unspecified atom stereocenters. The molecule has 0 saturated carbocycles. The van der Waals surface area contributed by atoms with Gasteiger partial charge in [-0.25, -0.2) is 4.39 Å². The number of hydrogen-bond acceptors (Lipinski definition) is 2. The Hall–Kier alpha value is -2.20. The van der Waals surface area contributed by atoms with E-state index in [1.165, 1.54) is 6.07 Å². The number of likely N-dealkylation sites (tertiary alicyclic amines) is 1. The Morgan fingerprint density at radius 2 is 2.04 bits per heavy atom. The van der Waals surface area contributed by atoms with Crippen LogP contribution < -0.4 is 5.32 Å². The fourth-order valence-electron chi connectivity index (χ4n) is 4.24. The zero-order valence-corrected chi connectivity index (χ0v) is 14.5. The minimum Gasteiger partial charge on any atom is -0.341 e. The summed E-state index contributed by atoms with van der Waals surface area (Å²) in [5.41, 5.74) is 2.23. The predicted octanol–water partition coefficient (Wildman–Crippen LogP) is 3.91. The second kappa shape index (κ2) is 6.26. The van der Waals surface area contributed by atoms with Gasteiger partial charge in [0.15, 0.2) is 0 Å². The predicted molar refractivity (Wildman–Crippen MR) is 96.5 cm³/mol. The molecule has 2 heterocycles. The summed E-state index contributed by atoms with van der Waals surface area (Å²) in [4.78, 5) is 14.6. The minimum absolute atomic E-state index is 0.146. The summed E-state index contributed by atoms with van der Waals surface area (Å²) in [6.45, 7) is 3.64. The topological polar surface area (TPSA) is 32.3 Å². The van der Waals surface area contributed by atoms with E-state index in [-0.39, 0.29) is 17.8 Å². The summed E-state index contributed by atoms with van der Waals surface area (Å²) in [7, 11) is 0. The number of carbonyl (C=O) groups excluding carboxylic acids is 1. The molecule has 2 saturated heterocycles. The van der Waals surface area contributed by atoms with Crippen LogP contribution in [0.2, 0.25) is 0 Å². The first-order chi connectivity index (χ1) is 12.1. The first-order valence-electron chi connectivity index (χ1n) is 9.05. The molecule has 2 fully saturated rings. The molecule has 4 heteroatoms. The van der Waals surface area contributed by atoms with E-state index in [0.29, 0.717) is 5.56 Å². The molecule has 1 N–H and O–H groups in total. The van der Waals surface area contributed by atoms with E-state index < -0.39 is 5.54 Å². The van der Waals surface area contributed by atoms with Gasteiger partial charge in [0, 0.05) is 24.7 Å². The third-order valence-electron chi connectivity index (χ3n) is 5.67. The average Bonchev–Trinajstić information content (AvgIpc) is 3.21. The highest BCUT2D eigenvalue weighted by Gasteiger charge is 2.50. The van der Waals surface area contributed by atoms with Crippen molar-refractivity contribution in [1.29, 1.82) is 0 Å². The van der Waals surface area contributed by atoms with Crippen molar-refractivity contribution in [1.82, 2.24) is 10.2 Å². The quantitative estimate of drug-likeness (QED) is 0.920. The molecule has 25 heavy (non-hydrogen) atoms. The third kappa shape index (κ3) is 2.74. The number of likely N-dealkylation sites (N-methyl/N-ethyl adjacent to an activating group) is 1. The van der Waals surface area contributed by atoms with E-state index in [9.17, 15) is 9.18 Å². The van der Waals surface area contributed by atoms with Gasteiger partial charge in [0.2, 0.25) is 5.91 Å². The van der Waals surface area contributed by atoms with E-state index in [4.69, 9.17) is 0 Å². The van der Waals surface area contributed by atoms with Gasteiger partial charge in [0.25, 0.3) is 0 Å². The molecule has 0 bridgehead atoms. The van der Waals surface area contributed by atoms with E-state index in [0.717, 1.165) is 43.5 Å². The maximum atomic E-state index is 14.1. The lowest BCUT2D eigenvalue weighted by atomic mass is 9.95. The summed E-state index contributed by atoms with van der Waals surface area (Å²) in [5, 5.41) is 3.61. The molecule has 130 valence electrons. The fraction of sp³-hybridized carbons (Fsp3) is 0.381. The Bertz CT molecular complexity index is 806. The smallest absolute Gasteiger partial charge is 0.242 e. The van der Waals surface area contributed by atoms with E-state index >= 15 is 0 Å². The number of nitrogens with zero attached hydrogens (tertiary/aromatic N) is 1. The monoisotopic (exact) mass is 338 g/mol. The summed E-state index contributed by atoms with van der Waals surface area (Å²) >= 11 is 0. The van der Waals surface area contributed by atoms with Gasteiger partial charge in [-0.05, 0) is 49.4 Å². The number of halogens is 1. The lowest BCUT2D eigenvalue weighted by molar-refractivity contribution is -0.132. The summed E-state index contributed by atoms with van der Waals surface area (Å²) in [6.07, 6.45) is 2.68. The molecule has 2 aliphatic heterocycles. The molecule has 2 aromatic carbocycles. The number of hydrogen-bond donors (Lipinski definition) is 1. The number of rotatable bonds is 3. The van der Waals surface area contributed by atoms with Crippen molar-refractivity contribution in [2.45, 2.75) is 37.8 Å². The average molecular weight is 338 g/mol. The highest BCUT2D eigenvalue weighted by molar-refractivity contribution is 5.89. The van der Waals surface area contributed by atoms with Gasteiger partial charge < -0.3 is 4.90 Å². The van der Waals surface area contributed by atoms with Crippen molar-refractivity contribution in [3.63, 3.8) is 0 Å². The SMILES string of the molecule is CCN1CC[C@]2(CC[C@@H](c3cccc(-c4ccccc4F)c3)N2)C1=O. The van der Waals surface area contributed by atoms with Crippen molar-refractivity contribution >= 4 is 5.91 Å². The molecule has 2 atom stereocenters. The van der Waals surface area contributed by atoms with Crippen molar-refractivity contribution in [3.05, 3.63) is 59.9 Å². The molecule has 4 rings (SSSR count). The van der Waals surface area contributed by atoms with Gasteiger partial charge in [0.05, 0.1) is 0 Å². The van der Waals surface area contributed by atoms with E-state index in [1.807, 2.05) is 36.1 Å². The Morgan fingerprint density at radius 1 is 1.20 bits per heavy atom. The van der Waals surface area contributed by atoms with Gasteiger partial charge >= 0.3 is 0 Å². The molecule has 2 aliphatic rings. The molecular formula is C21H23FN2O. The Balaban J connectivity index is 1.59. The van der Waals surface area contributed by atoms with Crippen LogP contribution in [0.25, 0.3) is 11.1 Å². The van der Waals surface area contributed by atoms with Crippen molar-refractivity contribution in [3.8, 4) is 11.1 Å². The normalized spacial score (nSPS) is 25.9. The summed E-state index contributed by atoms with van der Waals surface area (Å²) in [6, 6.07) is 15.0. The number of carbonyl (C=O) groups is 1. The van der Waals surface area contributed by atoms with Crippen molar-refractivity contribution in [2.75, 3.05) is 13.1 Å². The van der Waals surface area contributed by atoms with Crippen LogP contribution >= 0.6 is 0 Å². The molecule has 0 radical (unpaired) electrons. The largest absolute Gasteiger partial charge is 0.341 e. The van der Waals surface area contributed by atoms with Crippen LogP contribution in [0, 0.1) is 5.82 Å². The summed E-state index contributed by atoms with van der Waals surface area (Å²) in [5.74, 6) is 0.0304. The first-order valence-corrected chi connectivity index (χ1v) is 9.05. The van der Waals surface area contributed by atoms with Gasteiger partial charge in [-0.3, -0.25) is 10.1 Å². The van der Waals surface area contributed by atoms with Gasteiger partial charge in [0.1, 0.15) is 11.4 Å². The van der Waals surface area contributed by atoms with Crippen LogP contribution in [-0.4, -0.2) is 29.4 Å². The van der Waals surface area contributed by atoms with Crippen LogP contribution in [0.15, 0.2) is 48.5 Å². The lowest BCUT2D eigenvalue weighted by Crippen LogP contribution is -2.48. The Morgan fingerprint density at radius 3 is 2.80 bits per heavy atom. The Labute approximate surface area is 147 Å². The third-order valence-corrected chi connectivity index (χ3v) is 5.67. The lowest BCUT2D eigenvalue weighted by Gasteiger charge is -2.24. The standard InChI is InChI=1S/C21H23FN2O/c1-2-24-13-12-21(20(24)25)11-10-19(23-21)16-7-5-6-15(14-16)17-8-3-4-9-18(17)22/h3-9,14,19,23H,2,10-13H2,1H3/t19-,21+/m0/s1. The summed E-state index contributed by atoms with van der Waals surface area (Å²) < 4.78 is 14.1. The van der Waals surface area contributed by atoms with Crippen LogP contribution in [0.1, 0.15) is 37.8 Å². The fourth-order valence-corrected chi connectivity index (χ4v) is 4.24. The molecule has 0 aromatic heterocycles. The Kier molecular flexibility index (Phi) is 4.08. The number of nitrogens with one attached hydrogen (secondary N) is 1. The van der Waals surface area contributed by atoms with Gasteiger partial charge in [-0.2, -0.15) is 0 Å². The highest BCUT2D eigenvalue weighted by atomic mass is 19.1. The number of benzene rings is 2. The van der Waals surface area contributed by atoms with Crippen LogP contribution in [0.4, 0.5) is 4.39 Å². The van der Waals surface area contributed by atoms with E-state index in [1.54, 1.807) is 12.1 Å². The van der Waals surface area contributed by atoms with Gasteiger partial charge in [-0.15, -0.1) is 0 Å². The van der Waals surface area contributed by atoms with Gasteiger partial charge in [-0.1, -0.05) is 36.4 Å². The second-order valence-electron chi connectivity index (χ2n) is 7.06. The van der Waals surface area contributed by atoms with E-state index in [2.05, 4.69) is 11.4 Å². The molecule has 1 spiro atoms. The zero-order valence-electron chi connectivity index (χ0n) is 14.5. The minimum atomic E-state index is -0.394. The zero-order chi connectivity index (χ0) is 17.4. The molecule has 0 aliphatic carbocycles. The first kappa shape index (κ1) is 16.3. The van der Waals surface area contributed by atoms with Crippen molar-refractivity contribution in [2.24, 2.45) is 0 Å². The highest BCUT2D eigenvalue weighted by Crippen LogP contribution is 2.40. The van der Waals surface area contributed by atoms with Crippen LogP contribution in [0.5, 0.6) is 0 Å². The molecule has 1 amide bonds. The van der Waals surface area contributed by atoms with Crippen molar-refractivity contribution < 1.29 is 9.18 Å². The van der Waals surface area contributed by atoms with Crippen LogP contribution in [0.3, 0.4) is 0 Å². The molecular weight excluding hydrogens is 315 g/mol. The maximum absolute atomic E-state index is 14.1. The maximum Gasteiger partial charge on any atom is 0.242 e. The van der Waals surface area contributed by atoms with Crippen LogP contribution in [-0.2, 0) is 4.79 Å².